The Hall–Kier alpha value is -3.47. The van der Waals surface area contributed by atoms with E-state index in [2.05, 4.69) is 30.2 Å². The molecule has 1 aliphatic heterocycles. The monoisotopic (exact) mass is 427 g/mol. The first-order valence-corrected chi connectivity index (χ1v) is 11.2. The van der Waals surface area contributed by atoms with E-state index in [1.165, 1.54) is 0 Å². The third-order valence-electron chi connectivity index (χ3n) is 6.27. The highest BCUT2D eigenvalue weighted by Crippen LogP contribution is 2.34. The van der Waals surface area contributed by atoms with Crippen molar-refractivity contribution in [3.8, 4) is 0 Å². The maximum absolute atomic E-state index is 13.3. The fourth-order valence-electron chi connectivity index (χ4n) is 4.27. The minimum Gasteiger partial charge on any atom is -0.343 e. The van der Waals surface area contributed by atoms with Crippen LogP contribution >= 0.6 is 0 Å². The number of para-hydroxylation sites is 1. The van der Waals surface area contributed by atoms with Gasteiger partial charge in [0.1, 0.15) is 0 Å². The van der Waals surface area contributed by atoms with E-state index < -0.39 is 5.92 Å². The molecule has 2 heterocycles. The molecule has 0 radical (unpaired) electrons. The minimum absolute atomic E-state index is 0.00463. The lowest BCUT2D eigenvalue weighted by Gasteiger charge is -2.24. The van der Waals surface area contributed by atoms with Crippen LogP contribution in [0.1, 0.15) is 55.5 Å². The number of hydrogen-bond donors (Lipinski definition) is 1. The second-order valence-electron chi connectivity index (χ2n) is 8.38. The van der Waals surface area contributed by atoms with Crippen molar-refractivity contribution in [2.75, 3.05) is 11.4 Å². The van der Waals surface area contributed by atoms with Crippen molar-refractivity contribution < 1.29 is 9.59 Å². The molecule has 1 aromatic heterocycles. The highest BCUT2D eigenvalue weighted by Gasteiger charge is 2.37. The largest absolute Gasteiger partial charge is 0.343 e. The topological polar surface area (TPSA) is 62.3 Å². The van der Waals surface area contributed by atoms with Crippen molar-refractivity contribution in [1.29, 1.82) is 0 Å². The van der Waals surface area contributed by atoms with Crippen LogP contribution < -0.4 is 10.2 Å². The zero-order valence-electron chi connectivity index (χ0n) is 18.6. The highest BCUT2D eigenvalue weighted by atomic mass is 16.2. The first kappa shape index (κ1) is 21.8. The Morgan fingerprint density at radius 2 is 1.78 bits per heavy atom. The number of benzene rings is 2. The van der Waals surface area contributed by atoms with E-state index in [0.29, 0.717) is 12.5 Å². The van der Waals surface area contributed by atoms with Crippen LogP contribution in [-0.2, 0) is 9.59 Å². The summed E-state index contributed by atoms with van der Waals surface area (Å²) in [4.78, 5) is 32.4. The van der Waals surface area contributed by atoms with Crippen molar-refractivity contribution in [2.24, 2.45) is 5.92 Å². The number of rotatable bonds is 7. The summed E-state index contributed by atoms with van der Waals surface area (Å²) in [6.45, 7) is 4.70. The van der Waals surface area contributed by atoms with Crippen LogP contribution in [0.25, 0.3) is 0 Å². The van der Waals surface area contributed by atoms with E-state index in [4.69, 9.17) is 0 Å². The van der Waals surface area contributed by atoms with Gasteiger partial charge in [-0.3, -0.25) is 14.6 Å². The Balaban J connectivity index is 1.55. The zero-order valence-corrected chi connectivity index (χ0v) is 18.6. The molecule has 2 aromatic carbocycles. The van der Waals surface area contributed by atoms with Crippen molar-refractivity contribution in [3.63, 3.8) is 0 Å². The predicted molar refractivity (Wildman–Crippen MR) is 126 cm³/mol. The van der Waals surface area contributed by atoms with Gasteiger partial charge in [-0.2, -0.15) is 0 Å². The lowest BCUT2D eigenvalue weighted by molar-refractivity contribution is -0.126. The number of carbonyl (C=O) groups is 2. The fourth-order valence-corrected chi connectivity index (χ4v) is 4.27. The summed E-state index contributed by atoms with van der Waals surface area (Å²) in [6.07, 6.45) is 2.93. The summed E-state index contributed by atoms with van der Waals surface area (Å²) in [5.41, 5.74) is 3.81. The summed E-state index contributed by atoms with van der Waals surface area (Å²) >= 11 is 0. The molecule has 3 atom stereocenters. The number of pyridine rings is 1. The predicted octanol–water partition coefficient (Wildman–Crippen LogP) is 4.85. The second-order valence-corrected chi connectivity index (χ2v) is 8.38. The summed E-state index contributed by atoms with van der Waals surface area (Å²) in [5.74, 6) is -0.183. The standard InChI is InChI=1S/C27H29N3O2/c1-3-19(2)22-13-7-8-15-24(22)30-18-21(17-25(30)31)27(32)29-26(20-11-5-4-6-12-20)23-14-9-10-16-28-23/h4-16,19,21,26H,3,17-18H2,1-2H3,(H,29,32). The van der Waals surface area contributed by atoms with Gasteiger partial charge in [0.2, 0.25) is 11.8 Å². The molecule has 32 heavy (non-hydrogen) atoms. The van der Waals surface area contributed by atoms with Gasteiger partial charge in [0, 0.05) is 24.8 Å². The van der Waals surface area contributed by atoms with Gasteiger partial charge in [0.05, 0.1) is 17.7 Å². The Labute approximate surface area is 189 Å². The van der Waals surface area contributed by atoms with E-state index >= 15 is 0 Å². The van der Waals surface area contributed by atoms with Crippen LogP contribution in [0, 0.1) is 5.92 Å². The lowest BCUT2D eigenvalue weighted by Crippen LogP contribution is -2.36. The maximum Gasteiger partial charge on any atom is 0.227 e. The van der Waals surface area contributed by atoms with Crippen LogP contribution in [0.15, 0.2) is 79.0 Å². The Morgan fingerprint density at radius 3 is 2.50 bits per heavy atom. The minimum atomic E-state index is -0.401. The molecule has 1 aliphatic rings. The quantitative estimate of drug-likeness (QED) is 0.586. The smallest absolute Gasteiger partial charge is 0.227 e. The molecule has 3 aromatic rings. The molecule has 0 spiro atoms. The van der Waals surface area contributed by atoms with Crippen LogP contribution in [-0.4, -0.2) is 23.3 Å². The molecule has 0 aliphatic carbocycles. The second kappa shape index (κ2) is 9.77. The highest BCUT2D eigenvalue weighted by molar-refractivity contribution is 6.01. The summed E-state index contributed by atoms with van der Waals surface area (Å²) in [5, 5.41) is 3.15. The number of nitrogens with one attached hydrogen (secondary N) is 1. The van der Waals surface area contributed by atoms with Crippen LogP contribution in [0.5, 0.6) is 0 Å². The summed E-state index contributed by atoms with van der Waals surface area (Å²) in [7, 11) is 0. The van der Waals surface area contributed by atoms with Crippen molar-refractivity contribution in [1.82, 2.24) is 10.3 Å². The molecule has 0 bridgehead atoms. The lowest BCUT2D eigenvalue weighted by atomic mass is 9.96. The van der Waals surface area contributed by atoms with Gasteiger partial charge in [-0.1, -0.05) is 68.4 Å². The van der Waals surface area contributed by atoms with Crippen molar-refractivity contribution in [2.45, 2.75) is 38.6 Å². The number of amides is 2. The number of anilines is 1. The molecule has 1 N–H and O–H groups in total. The average molecular weight is 428 g/mol. The van der Waals surface area contributed by atoms with Crippen LogP contribution in [0.3, 0.4) is 0 Å². The van der Waals surface area contributed by atoms with E-state index in [0.717, 1.165) is 28.9 Å². The third-order valence-corrected chi connectivity index (χ3v) is 6.27. The number of aromatic nitrogens is 1. The molecule has 4 rings (SSSR count). The Morgan fingerprint density at radius 1 is 1.06 bits per heavy atom. The number of nitrogens with zero attached hydrogens (tertiary/aromatic N) is 2. The maximum atomic E-state index is 13.3. The molecular weight excluding hydrogens is 398 g/mol. The zero-order chi connectivity index (χ0) is 22.5. The third kappa shape index (κ3) is 4.57. The SMILES string of the molecule is CCC(C)c1ccccc1N1CC(C(=O)NC(c2ccccc2)c2ccccn2)CC1=O. The van der Waals surface area contributed by atoms with E-state index in [9.17, 15) is 9.59 Å². The molecule has 164 valence electrons. The van der Waals surface area contributed by atoms with Crippen molar-refractivity contribution >= 4 is 17.5 Å². The molecule has 3 unspecified atom stereocenters. The van der Waals surface area contributed by atoms with Crippen LogP contribution in [0.4, 0.5) is 5.69 Å². The van der Waals surface area contributed by atoms with E-state index in [1.54, 1.807) is 11.1 Å². The van der Waals surface area contributed by atoms with Gasteiger partial charge in [-0.05, 0) is 41.7 Å². The Bertz CT molecular complexity index is 1030. The van der Waals surface area contributed by atoms with Crippen LogP contribution in [0.2, 0.25) is 0 Å². The number of hydrogen-bond acceptors (Lipinski definition) is 3. The first-order chi connectivity index (χ1) is 15.6. The van der Waals surface area contributed by atoms with E-state index in [1.807, 2.05) is 66.7 Å². The van der Waals surface area contributed by atoms with Gasteiger partial charge < -0.3 is 10.2 Å². The molecule has 2 amide bonds. The molecule has 1 saturated heterocycles. The van der Waals surface area contributed by atoms with E-state index in [-0.39, 0.29) is 24.3 Å². The molecule has 1 fully saturated rings. The first-order valence-electron chi connectivity index (χ1n) is 11.2. The number of carbonyl (C=O) groups excluding carboxylic acids is 2. The van der Waals surface area contributed by atoms with Gasteiger partial charge in [-0.15, -0.1) is 0 Å². The molecule has 0 saturated carbocycles. The summed E-state index contributed by atoms with van der Waals surface area (Å²) in [6, 6.07) is 23.2. The normalized spacial score (nSPS) is 17.8. The fraction of sp³-hybridized carbons (Fsp3) is 0.296. The van der Waals surface area contributed by atoms with Gasteiger partial charge in [0.15, 0.2) is 0 Å². The molecular formula is C27H29N3O2. The molecule has 5 nitrogen and oxygen atoms in total. The summed E-state index contributed by atoms with van der Waals surface area (Å²) < 4.78 is 0. The van der Waals surface area contributed by atoms with Gasteiger partial charge >= 0.3 is 0 Å². The average Bonchev–Trinajstić information content (AvgIpc) is 3.24. The Kier molecular flexibility index (Phi) is 6.64. The molecule has 5 heteroatoms. The van der Waals surface area contributed by atoms with Gasteiger partial charge in [-0.25, -0.2) is 0 Å². The van der Waals surface area contributed by atoms with Crippen molar-refractivity contribution in [3.05, 3.63) is 95.8 Å². The van der Waals surface area contributed by atoms with Gasteiger partial charge in [0.25, 0.3) is 0 Å².